The summed E-state index contributed by atoms with van der Waals surface area (Å²) in [7, 11) is 0. The second kappa shape index (κ2) is 6.73. The lowest BCUT2D eigenvalue weighted by Gasteiger charge is -2.35. The van der Waals surface area contributed by atoms with Crippen molar-refractivity contribution in [3.8, 4) is 0 Å². The summed E-state index contributed by atoms with van der Waals surface area (Å²) in [5.41, 5.74) is 1.45. The quantitative estimate of drug-likeness (QED) is 0.903. The van der Waals surface area contributed by atoms with Crippen molar-refractivity contribution in [3.63, 3.8) is 0 Å². The number of piperidine rings is 1. The summed E-state index contributed by atoms with van der Waals surface area (Å²) in [5, 5.41) is 3.94. The van der Waals surface area contributed by atoms with Crippen LogP contribution in [0.15, 0.2) is 30.3 Å². The molecular weight excluding hydrogens is 244 g/mol. The maximum absolute atomic E-state index is 3.94. The van der Waals surface area contributed by atoms with Gasteiger partial charge in [0.2, 0.25) is 0 Å². The molecule has 1 aliphatic carbocycles. The zero-order valence-corrected chi connectivity index (χ0v) is 12.7. The van der Waals surface area contributed by atoms with Crippen molar-refractivity contribution < 1.29 is 0 Å². The molecule has 2 heteroatoms. The molecule has 1 aliphatic heterocycles. The van der Waals surface area contributed by atoms with Gasteiger partial charge in [-0.2, -0.15) is 0 Å². The molecule has 0 radical (unpaired) electrons. The molecule has 0 amide bonds. The van der Waals surface area contributed by atoms with Crippen LogP contribution in [0.2, 0.25) is 0 Å². The van der Waals surface area contributed by atoms with Gasteiger partial charge < -0.3 is 5.32 Å². The molecule has 20 heavy (non-hydrogen) atoms. The fourth-order valence-corrected chi connectivity index (χ4v) is 3.87. The Balaban J connectivity index is 1.51. The maximum atomic E-state index is 3.94. The Morgan fingerprint density at radius 3 is 2.70 bits per heavy atom. The normalized spacial score (nSPS) is 31.6. The van der Waals surface area contributed by atoms with Crippen LogP contribution in [-0.4, -0.2) is 30.1 Å². The van der Waals surface area contributed by atoms with E-state index >= 15 is 0 Å². The van der Waals surface area contributed by atoms with Crippen molar-refractivity contribution in [3.05, 3.63) is 35.9 Å². The first-order chi connectivity index (χ1) is 9.81. The minimum absolute atomic E-state index is 0.706. The summed E-state index contributed by atoms with van der Waals surface area (Å²) in [6.45, 7) is 6.00. The highest BCUT2D eigenvalue weighted by Gasteiger charge is 2.27. The molecule has 0 aromatic heterocycles. The molecule has 3 rings (SSSR count). The van der Waals surface area contributed by atoms with E-state index in [-0.39, 0.29) is 0 Å². The Bertz CT molecular complexity index is 403. The predicted molar refractivity (Wildman–Crippen MR) is 84.7 cm³/mol. The molecule has 1 N–H and O–H groups in total. The SMILES string of the molecule is CC1CCCC1NC1CCCN(Cc2ccccc2)C1. The average Bonchev–Trinajstić information content (AvgIpc) is 2.86. The third-order valence-electron chi connectivity index (χ3n) is 5.07. The summed E-state index contributed by atoms with van der Waals surface area (Å²) in [6, 6.07) is 12.4. The molecule has 3 unspecified atom stereocenters. The third kappa shape index (κ3) is 3.62. The fraction of sp³-hybridized carbons (Fsp3) is 0.667. The van der Waals surface area contributed by atoms with Gasteiger partial charge in [0.15, 0.2) is 0 Å². The molecule has 0 bridgehead atoms. The van der Waals surface area contributed by atoms with Gasteiger partial charge in [0, 0.05) is 25.2 Å². The van der Waals surface area contributed by atoms with Gasteiger partial charge >= 0.3 is 0 Å². The smallest absolute Gasteiger partial charge is 0.0234 e. The van der Waals surface area contributed by atoms with Crippen molar-refractivity contribution in [2.75, 3.05) is 13.1 Å². The van der Waals surface area contributed by atoms with Crippen molar-refractivity contribution in [1.29, 1.82) is 0 Å². The molecular formula is C18H28N2. The van der Waals surface area contributed by atoms with E-state index < -0.39 is 0 Å². The standard InChI is InChI=1S/C18H28N2/c1-15-7-5-11-18(15)19-17-10-6-12-20(14-17)13-16-8-3-2-4-9-16/h2-4,8-9,15,17-19H,5-7,10-14H2,1H3. The largest absolute Gasteiger partial charge is 0.310 e. The molecule has 1 saturated heterocycles. The van der Waals surface area contributed by atoms with Crippen LogP contribution in [0.1, 0.15) is 44.6 Å². The number of hydrogen-bond acceptors (Lipinski definition) is 2. The summed E-state index contributed by atoms with van der Waals surface area (Å²) in [6.07, 6.45) is 6.91. The lowest BCUT2D eigenvalue weighted by atomic mass is 10.0. The van der Waals surface area contributed by atoms with Crippen LogP contribution in [0, 0.1) is 5.92 Å². The first kappa shape index (κ1) is 14.1. The third-order valence-corrected chi connectivity index (χ3v) is 5.07. The molecule has 1 saturated carbocycles. The monoisotopic (exact) mass is 272 g/mol. The van der Waals surface area contributed by atoms with E-state index in [1.165, 1.54) is 50.8 Å². The van der Waals surface area contributed by atoms with E-state index in [0.717, 1.165) is 18.5 Å². The molecule has 1 aromatic rings. The Hall–Kier alpha value is -0.860. The maximum Gasteiger partial charge on any atom is 0.0234 e. The van der Waals surface area contributed by atoms with Gasteiger partial charge in [-0.3, -0.25) is 4.90 Å². The van der Waals surface area contributed by atoms with Crippen molar-refractivity contribution in [2.45, 2.75) is 57.7 Å². The molecule has 3 atom stereocenters. The molecule has 110 valence electrons. The fourth-order valence-electron chi connectivity index (χ4n) is 3.87. The van der Waals surface area contributed by atoms with Gasteiger partial charge in [-0.1, -0.05) is 43.7 Å². The zero-order chi connectivity index (χ0) is 13.8. The highest BCUT2D eigenvalue weighted by atomic mass is 15.2. The van der Waals surface area contributed by atoms with Crippen molar-refractivity contribution in [2.24, 2.45) is 5.92 Å². The highest BCUT2D eigenvalue weighted by Crippen LogP contribution is 2.26. The number of rotatable bonds is 4. The minimum Gasteiger partial charge on any atom is -0.310 e. The Morgan fingerprint density at radius 1 is 1.10 bits per heavy atom. The minimum atomic E-state index is 0.706. The van der Waals surface area contributed by atoms with E-state index in [4.69, 9.17) is 0 Å². The molecule has 1 aromatic carbocycles. The van der Waals surface area contributed by atoms with Crippen LogP contribution >= 0.6 is 0 Å². The molecule has 2 nitrogen and oxygen atoms in total. The number of likely N-dealkylation sites (tertiary alicyclic amines) is 1. The van der Waals surface area contributed by atoms with Crippen molar-refractivity contribution >= 4 is 0 Å². The van der Waals surface area contributed by atoms with E-state index in [1.807, 2.05) is 0 Å². The second-order valence-corrected chi connectivity index (χ2v) is 6.74. The second-order valence-electron chi connectivity index (χ2n) is 6.74. The topological polar surface area (TPSA) is 15.3 Å². The highest BCUT2D eigenvalue weighted by molar-refractivity contribution is 5.14. The van der Waals surface area contributed by atoms with Crippen LogP contribution in [0.4, 0.5) is 0 Å². The van der Waals surface area contributed by atoms with E-state index in [1.54, 1.807) is 0 Å². The Morgan fingerprint density at radius 2 is 1.95 bits per heavy atom. The molecule has 2 aliphatic rings. The average molecular weight is 272 g/mol. The summed E-state index contributed by atoms with van der Waals surface area (Å²) in [5.74, 6) is 0.875. The molecule has 1 heterocycles. The van der Waals surface area contributed by atoms with Crippen molar-refractivity contribution in [1.82, 2.24) is 10.2 Å². The van der Waals surface area contributed by atoms with E-state index in [9.17, 15) is 0 Å². The zero-order valence-electron chi connectivity index (χ0n) is 12.7. The lowest BCUT2D eigenvalue weighted by molar-refractivity contribution is 0.171. The lowest BCUT2D eigenvalue weighted by Crippen LogP contribution is -2.49. The van der Waals surface area contributed by atoms with Gasteiger partial charge in [0.1, 0.15) is 0 Å². The first-order valence-electron chi connectivity index (χ1n) is 8.33. The summed E-state index contributed by atoms with van der Waals surface area (Å²) >= 11 is 0. The van der Waals surface area contributed by atoms with Gasteiger partial charge in [-0.15, -0.1) is 0 Å². The first-order valence-corrected chi connectivity index (χ1v) is 8.33. The number of hydrogen-bond donors (Lipinski definition) is 1. The van der Waals surface area contributed by atoms with Crippen LogP contribution in [0.5, 0.6) is 0 Å². The number of benzene rings is 1. The van der Waals surface area contributed by atoms with Crippen LogP contribution in [-0.2, 0) is 6.54 Å². The van der Waals surface area contributed by atoms with Gasteiger partial charge in [0.05, 0.1) is 0 Å². The van der Waals surface area contributed by atoms with Gasteiger partial charge in [0.25, 0.3) is 0 Å². The number of nitrogens with one attached hydrogen (secondary N) is 1. The Labute approximate surface area is 123 Å². The van der Waals surface area contributed by atoms with E-state index in [0.29, 0.717) is 6.04 Å². The van der Waals surface area contributed by atoms with Gasteiger partial charge in [-0.25, -0.2) is 0 Å². The van der Waals surface area contributed by atoms with Crippen LogP contribution in [0.25, 0.3) is 0 Å². The van der Waals surface area contributed by atoms with Crippen LogP contribution < -0.4 is 5.32 Å². The molecule has 0 spiro atoms. The van der Waals surface area contributed by atoms with Gasteiger partial charge in [-0.05, 0) is 43.7 Å². The van der Waals surface area contributed by atoms with E-state index in [2.05, 4.69) is 47.5 Å². The van der Waals surface area contributed by atoms with Crippen LogP contribution in [0.3, 0.4) is 0 Å². The Kier molecular flexibility index (Phi) is 4.74. The molecule has 2 fully saturated rings. The number of nitrogens with zero attached hydrogens (tertiary/aromatic N) is 1. The summed E-state index contributed by atoms with van der Waals surface area (Å²) in [4.78, 5) is 2.62. The summed E-state index contributed by atoms with van der Waals surface area (Å²) < 4.78 is 0. The predicted octanol–water partition coefficient (Wildman–Crippen LogP) is 3.43.